The van der Waals surface area contributed by atoms with E-state index < -0.39 is 0 Å². The van der Waals surface area contributed by atoms with Crippen LogP contribution in [-0.4, -0.2) is 12.9 Å². The largest absolute Gasteiger partial charge is 0.496 e. The van der Waals surface area contributed by atoms with Crippen molar-refractivity contribution in [2.24, 2.45) is 0 Å². The molecule has 0 unspecified atom stereocenters. The molecule has 0 aliphatic carbocycles. The molecule has 0 aromatic heterocycles. The Labute approximate surface area is 82.7 Å². The van der Waals surface area contributed by atoms with Gasteiger partial charge in [0.15, 0.2) is 0 Å². The summed E-state index contributed by atoms with van der Waals surface area (Å²) < 4.78 is 18.4. The second kappa shape index (κ2) is 4.22. The van der Waals surface area contributed by atoms with Gasteiger partial charge in [-0.3, -0.25) is 4.79 Å². The summed E-state index contributed by atoms with van der Waals surface area (Å²) >= 11 is 0. The van der Waals surface area contributed by atoms with Gasteiger partial charge in [-0.05, 0) is 25.5 Å². The van der Waals surface area contributed by atoms with Gasteiger partial charge in [0, 0.05) is 12.0 Å². The van der Waals surface area contributed by atoms with Crippen LogP contribution in [0, 0.1) is 12.7 Å². The van der Waals surface area contributed by atoms with E-state index in [4.69, 9.17) is 4.74 Å². The van der Waals surface area contributed by atoms with Crippen LogP contribution in [0.1, 0.15) is 18.1 Å². The molecule has 1 rings (SSSR count). The highest BCUT2D eigenvalue weighted by atomic mass is 19.1. The second-order valence-corrected chi connectivity index (χ2v) is 3.25. The number of halogens is 1. The van der Waals surface area contributed by atoms with E-state index in [0.29, 0.717) is 11.3 Å². The molecule has 0 heterocycles. The summed E-state index contributed by atoms with van der Waals surface area (Å²) in [7, 11) is 1.48. The van der Waals surface area contributed by atoms with Crippen molar-refractivity contribution >= 4 is 5.78 Å². The Balaban J connectivity index is 3.22. The Hall–Kier alpha value is -1.38. The van der Waals surface area contributed by atoms with Gasteiger partial charge in [-0.1, -0.05) is 6.07 Å². The fraction of sp³-hybridized carbons (Fsp3) is 0.364. The molecular weight excluding hydrogens is 183 g/mol. The van der Waals surface area contributed by atoms with Crippen LogP contribution in [-0.2, 0) is 11.2 Å². The van der Waals surface area contributed by atoms with E-state index in [-0.39, 0.29) is 18.0 Å². The molecule has 0 N–H and O–H groups in total. The average Bonchev–Trinajstić information content (AvgIpc) is 2.11. The zero-order chi connectivity index (χ0) is 10.7. The molecule has 1 aromatic carbocycles. The maximum absolute atomic E-state index is 13.3. The van der Waals surface area contributed by atoms with E-state index >= 15 is 0 Å². The number of carbonyl (C=O) groups excluding carboxylic acids is 1. The highest BCUT2D eigenvalue weighted by molar-refractivity contribution is 5.79. The van der Waals surface area contributed by atoms with Crippen LogP contribution in [0.3, 0.4) is 0 Å². The highest BCUT2D eigenvalue weighted by Gasteiger charge is 2.13. The van der Waals surface area contributed by atoms with Crippen LogP contribution in [0.15, 0.2) is 12.1 Å². The Morgan fingerprint density at radius 3 is 2.64 bits per heavy atom. The van der Waals surface area contributed by atoms with Gasteiger partial charge >= 0.3 is 0 Å². The Kier molecular flexibility index (Phi) is 3.23. The molecule has 0 saturated carbocycles. The van der Waals surface area contributed by atoms with Crippen molar-refractivity contribution in [3.05, 3.63) is 29.1 Å². The molecule has 2 nitrogen and oxygen atoms in total. The summed E-state index contributed by atoms with van der Waals surface area (Å²) in [6, 6.07) is 2.99. The lowest BCUT2D eigenvalue weighted by atomic mass is 10.0. The molecule has 0 aliphatic heterocycles. The van der Waals surface area contributed by atoms with Crippen molar-refractivity contribution in [2.45, 2.75) is 20.3 Å². The third-order valence-electron chi connectivity index (χ3n) is 2.03. The number of benzene rings is 1. The lowest BCUT2D eigenvalue weighted by molar-refractivity contribution is -0.116. The minimum Gasteiger partial charge on any atom is -0.496 e. The zero-order valence-corrected chi connectivity index (χ0v) is 8.56. The SMILES string of the molecule is COc1c(C)ccc(F)c1CC(C)=O. The van der Waals surface area contributed by atoms with Gasteiger partial charge in [-0.25, -0.2) is 4.39 Å². The normalized spacial score (nSPS) is 10.0. The quantitative estimate of drug-likeness (QED) is 0.741. The zero-order valence-electron chi connectivity index (χ0n) is 8.56. The van der Waals surface area contributed by atoms with Gasteiger partial charge in [-0.15, -0.1) is 0 Å². The maximum Gasteiger partial charge on any atom is 0.134 e. The van der Waals surface area contributed by atoms with Crippen LogP contribution in [0.25, 0.3) is 0 Å². The number of hydrogen-bond donors (Lipinski definition) is 0. The predicted octanol–water partition coefficient (Wildman–Crippen LogP) is 2.27. The molecule has 0 amide bonds. The molecular formula is C11H13FO2. The van der Waals surface area contributed by atoms with Crippen LogP contribution in [0.5, 0.6) is 5.75 Å². The number of carbonyl (C=O) groups is 1. The van der Waals surface area contributed by atoms with Crippen LogP contribution in [0.2, 0.25) is 0 Å². The average molecular weight is 196 g/mol. The first-order valence-corrected chi connectivity index (χ1v) is 4.37. The summed E-state index contributed by atoms with van der Waals surface area (Å²) in [6.45, 7) is 3.25. The number of Topliss-reactive ketones (excluding diaryl/α,β-unsaturated/α-hetero) is 1. The lowest BCUT2D eigenvalue weighted by Crippen LogP contribution is -2.03. The first-order valence-electron chi connectivity index (χ1n) is 4.37. The van der Waals surface area contributed by atoms with E-state index in [1.807, 2.05) is 6.92 Å². The smallest absolute Gasteiger partial charge is 0.134 e. The molecule has 0 spiro atoms. The topological polar surface area (TPSA) is 26.3 Å². The summed E-state index contributed by atoms with van der Waals surface area (Å²) in [4.78, 5) is 10.9. The standard InChI is InChI=1S/C11H13FO2/c1-7-4-5-10(12)9(6-8(2)13)11(7)14-3/h4-5H,6H2,1-3H3. The molecule has 0 atom stereocenters. The molecule has 1 aromatic rings. The Morgan fingerprint density at radius 1 is 1.50 bits per heavy atom. The van der Waals surface area contributed by atoms with Gasteiger partial charge in [0.1, 0.15) is 17.3 Å². The molecule has 0 saturated heterocycles. The van der Waals surface area contributed by atoms with Gasteiger partial charge < -0.3 is 4.74 Å². The number of rotatable bonds is 3. The fourth-order valence-corrected chi connectivity index (χ4v) is 1.42. The maximum atomic E-state index is 13.3. The van der Waals surface area contributed by atoms with Crippen LogP contribution < -0.4 is 4.74 Å². The number of hydrogen-bond acceptors (Lipinski definition) is 2. The van der Waals surface area contributed by atoms with Crippen molar-refractivity contribution in [3.63, 3.8) is 0 Å². The van der Waals surface area contributed by atoms with E-state index in [0.717, 1.165) is 5.56 Å². The minimum absolute atomic E-state index is 0.0761. The van der Waals surface area contributed by atoms with E-state index in [2.05, 4.69) is 0 Å². The van der Waals surface area contributed by atoms with Crippen molar-refractivity contribution in [1.29, 1.82) is 0 Å². The second-order valence-electron chi connectivity index (χ2n) is 3.25. The monoisotopic (exact) mass is 196 g/mol. The van der Waals surface area contributed by atoms with Crippen molar-refractivity contribution in [1.82, 2.24) is 0 Å². The van der Waals surface area contributed by atoms with Crippen LogP contribution >= 0.6 is 0 Å². The van der Waals surface area contributed by atoms with E-state index in [1.54, 1.807) is 6.07 Å². The van der Waals surface area contributed by atoms with Crippen molar-refractivity contribution < 1.29 is 13.9 Å². The minimum atomic E-state index is -0.386. The Bertz CT molecular complexity index is 359. The van der Waals surface area contributed by atoms with Crippen molar-refractivity contribution in [2.75, 3.05) is 7.11 Å². The molecule has 14 heavy (non-hydrogen) atoms. The summed E-state index contributed by atoms with van der Waals surface area (Å²) in [5.74, 6) is 0.00986. The van der Waals surface area contributed by atoms with Crippen molar-refractivity contribution in [3.8, 4) is 5.75 Å². The molecule has 76 valence electrons. The van der Waals surface area contributed by atoms with Crippen LogP contribution in [0.4, 0.5) is 4.39 Å². The van der Waals surface area contributed by atoms with E-state index in [1.165, 1.54) is 20.1 Å². The Morgan fingerprint density at radius 2 is 2.14 bits per heavy atom. The van der Waals surface area contributed by atoms with Gasteiger partial charge in [0.2, 0.25) is 0 Å². The fourth-order valence-electron chi connectivity index (χ4n) is 1.42. The highest BCUT2D eigenvalue weighted by Crippen LogP contribution is 2.26. The predicted molar refractivity (Wildman–Crippen MR) is 52.1 cm³/mol. The molecule has 0 aliphatic rings. The van der Waals surface area contributed by atoms with Gasteiger partial charge in [0.05, 0.1) is 7.11 Å². The summed E-state index contributed by atoms with van der Waals surface area (Å²) in [5.41, 5.74) is 1.19. The summed E-state index contributed by atoms with van der Waals surface area (Å²) in [5, 5.41) is 0. The molecule has 0 fully saturated rings. The molecule has 3 heteroatoms. The lowest BCUT2D eigenvalue weighted by Gasteiger charge is -2.10. The van der Waals surface area contributed by atoms with Gasteiger partial charge in [-0.2, -0.15) is 0 Å². The number of methoxy groups -OCH3 is 1. The van der Waals surface area contributed by atoms with Gasteiger partial charge in [0.25, 0.3) is 0 Å². The number of aryl methyl sites for hydroxylation is 1. The first kappa shape index (κ1) is 10.7. The van der Waals surface area contributed by atoms with E-state index in [9.17, 15) is 9.18 Å². The third kappa shape index (κ3) is 2.10. The molecule has 0 radical (unpaired) electrons. The number of ketones is 1. The third-order valence-corrected chi connectivity index (χ3v) is 2.03. The summed E-state index contributed by atoms with van der Waals surface area (Å²) in [6.07, 6.45) is 0.0800. The number of ether oxygens (including phenoxy) is 1. The molecule has 0 bridgehead atoms. The first-order chi connectivity index (χ1) is 6.56.